The molecule has 0 radical (unpaired) electrons. The van der Waals surface area contributed by atoms with Gasteiger partial charge in [0, 0.05) is 13.6 Å². The Kier molecular flexibility index (Phi) is 6.35. The van der Waals surface area contributed by atoms with Crippen LogP contribution < -0.4 is 0 Å². The van der Waals surface area contributed by atoms with Gasteiger partial charge in [-0.2, -0.15) is 0 Å². The molecule has 2 aromatic carbocycles. The van der Waals surface area contributed by atoms with Crippen molar-refractivity contribution in [2.24, 2.45) is 0 Å². The zero-order chi connectivity index (χ0) is 19.2. The van der Waals surface area contributed by atoms with Gasteiger partial charge in [-0.05, 0) is 24.1 Å². The highest BCUT2D eigenvalue weighted by Gasteiger charge is 2.21. The van der Waals surface area contributed by atoms with Crippen LogP contribution in [-0.4, -0.2) is 34.1 Å². The molecule has 0 aliphatic heterocycles. The van der Waals surface area contributed by atoms with Gasteiger partial charge in [0.1, 0.15) is 12.4 Å². The molecule has 3 aromatic rings. The molecule has 0 N–H and O–H groups in total. The first-order chi connectivity index (χ1) is 13.1. The van der Waals surface area contributed by atoms with E-state index in [1.54, 1.807) is 11.9 Å². The standard InChI is InChI=1S/C21H24ClN3O2/c1-3-17(25-19-12-8-7-11-18(19)23-20(25)13-22)14-24(2)21(26)27-15-16-9-5-4-6-10-16/h4-12,17H,3,13-15H2,1-2H3. The molecular weight excluding hydrogens is 362 g/mol. The van der Waals surface area contributed by atoms with Gasteiger partial charge in [-0.1, -0.05) is 49.4 Å². The summed E-state index contributed by atoms with van der Waals surface area (Å²) in [6.07, 6.45) is 0.509. The van der Waals surface area contributed by atoms with Crippen LogP contribution in [-0.2, 0) is 17.2 Å². The van der Waals surface area contributed by atoms with E-state index in [4.69, 9.17) is 16.3 Å². The number of carbonyl (C=O) groups excluding carboxylic acids is 1. The molecule has 1 heterocycles. The maximum Gasteiger partial charge on any atom is 0.409 e. The maximum atomic E-state index is 12.4. The highest BCUT2D eigenvalue weighted by atomic mass is 35.5. The van der Waals surface area contributed by atoms with Crippen molar-refractivity contribution in [1.29, 1.82) is 0 Å². The van der Waals surface area contributed by atoms with Crippen LogP contribution in [0.15, 0.2) is 54.6 Å². The Hall–Kier alpha value is -2.53. The van der Waals surface area contributed by atoms with Gasteiger partial charge in [0.05, 0.1) is 23.0 Å². The predicted octanol–water partition coefficient (Wildman–Crippen LogP) is 4.99. The van der Waals surface area contributed by atoms with Crippen LogP contribution in [0.1, 0.15) is 30.8 Å². The molecule has 0 fully saturated rings. The number of para-hydroxylation sites is 2. The summed E-state index contributed by atoms with van der Waals surface area (Å²) in [6.45, 7) is 2.89. The number of carbonyl (C=O) groups is 1. The van der Waals surface area contributed by atoms with Crippen molar-refractivity contribution in [1.82, 2.24) is 14.5 Å². The predicted molar refractivity (Wildman–Crippen MR) is 108 cm³/mol. The van der Waals surface area contributed by atoms with Crippen molar-refractivity contribution >= 4 is 28.7 Å². The quantitative estimate of drug-likeness (QED) is 0.538. The second-order valence-corrected chi connectivity index (χ2v) is 6.77. The Labute approximate surface area is 164 Å². The van der Waals surface area contributed by atoms with Gasteiger partial charge in [0.2, 0.25) is 0 Å². The van der Waals surface area contributed by atoms with E-state index in [2.05, 4.69) is 16.5 Å². The zero-order valence-corrected chi connectivity index (χ0v) is 16.4. The Bertz CT molecular complexity index is 895. The summed E-state index contributed by atoms with van der Waals surface area (Å²) in [7, 11) is 1.76. The number of rotatable bonds is 7. The van der Waals surface area contributed by atoms with Gasteiger partial charge in [0.15, 0.2) is 0 Å². The molecule has 1 atom stereocenters. The number of nitrogens with zero attached hydrogens (tertiary/aromatic N) is 3. The molecule has 1 unspecified atom stereocenters. The monoisotopic (exact) mass is 385 g/mol. The first-order valence-electron chi connectivity index (χ1n) is 9.07. The number of fused-ring (bicyclic) bond motifs is 1. The minimum Gasteiger partial charge on any atom is -0.445 e. The molecule has 142 valence electrons. The number of hydrogen-bond donors (Lipinski definition) is 0. The van der Waals surface area contributed by atoms with E-state index >= 15 is 0 Å². The van der Waals surface area contributed by atoms with E-state index in [0.29, 0.717) is 12.4 Å². The molecular formula is C21H24ClN3O2. The molecule has 0 saturated heterocycles. The third-order valence-electron chi connectivity index (χ3n) is 4.63. The van der Waals surface area contributed by atoms with Crippen LogP contribution >= 0.6 is 11.6 Å². The molecule has 1 amide bonds. The Morgan fingerprint density at radius 2 is 1.89 bits per heavy atom. The number of alkyl halides is 1. The maximum absolute atomic E-state index is 12.4. The van der Waals surface area contributed by atoms with Gasteiger partial charge >= 0.3 is 6.09 Å². The zero-order valence-electron chi connectivity index (χ0n) is 15.6. The van der Waals surface area contributed by atoms with Crippen molar-refractivity contribution in [2.45, 2.75) is 31.9 Å². The minimum atomic E-state index is -0.339. The van der Waals surface area contributed by atoms with Crippen LogP contribution in [0.4, 0.5) is 4.79 Å². The number of imidazole rings is 1. The molecule has 0 saturated carbocycles. The van der Waals surface area contributed by atoms with Crippen LogP contribution in [0, 0.1) is 0 Å². The lowest BCUT2D eigenvalue weighted by molar-refractivity contribution is 0.0997. The highest BCUT2D eigenvalue weighted by Crippen LogP contribution is 2.25. The number of aromatic nitrogens is 2. The van der Waals surface area contributed by atoms with Gasteiger partial charge < -0.3 is 14.2 Å². The van der Waals surface area contributed by atoms with Crippen molar-refractivity contribution in [3.8, 4) is 0 Å². The van der Waals surface area contributed by atoms with E-state index in [1.165, 1.54) is 0 Å². The molecule has 6 heteroatoms. The normalized spacial score (nSPS) is 12.1. The smallest absolute Gasteiger partial charge is 0.409 e. The van der Waals surface area contributed by atoms with Crippen molar-refractivity contribution < 1.29 is 9.53 Å². The number of halogens is 1. The molecule has 0 aliphatic rings. The minimum absolute atomic E-state index is 0.0698. The number of amides is 1. The SMILES string of the molecule is CCC(CN(C)C(=O)OCc1ccccc1)n1c(CCl)nc2ccccc21. The van der Waals surface area contributed by atoms with E-state index in [9.17, 15) is 4.79 Å². The highest BCUT2D eigenvalue weighted by molar-refractivity contribution is 6.16. The largest absolute Gasteiger partial charge is 0.445 e. The lowest BCUT2D eigenvalue weighted by Crippen LogP contribution is -2.33. The third-order valence-corrected chi connectivity index (χ3v) is 4.87. The molecule has 5 nitrogen and oxygen atoms in total. The van der Waals surface area contributed by atoms with Crippen LogP contribution in [0.2, 0.25) is 0 Å². The van der Waals surface area contributed by atoms with Crippen molar-refractivity contribution in [2.75, 3.05) is 13.6 Å². The van der Waals surface area contributed by atoms with Gasteiger partial charge in [-0.25, -0.2) is 9.78 Å². The number of ether oxygens (including phenoxy) is 1. The summed E-state index contributed by atoms with van der Waals surface area (Å²) in [5.41, 5.74) is 2.92. The third kappa shape index (κ3) is 4.42. The van der Waals surface area contributed by atoms with Crippen LogP contribution in [0.3, 0.4) is 0 Å². The fourth-order valence-corrected chi connectivity index (χ4v) is 3.40. The summed E-state index contributed by atoms with van der Waals surface area (Å²) in [4.78, 5) is 18.6. The molecule has 3 rings (SSSR count). The average Bonchev–Trinajstić information content (AvgIpc) is 3.09. The lowest BCUT2D eigenvalue weighted by atomic mass is 10.2. The van der Waals surface area contributed by atoms with Crippen LogP contribution in [0.5, 0.6) is 0 Å². The summed E-state index contributed by atoms with van der Waals surface area (Å²) in [5.74, 6) is 1.14. The topological polar surface area (TPSA) is 47.4 Å². The first-order valence-corrected chi connectivity index (χ1v) is 9.61. The number of hydrogen-bond acceptors (Lipinski definition) is 3. The lowest BCUT2D eigenvalue weighted by Gasteiger charge is -2.25. The Morgan fingerprint density at radius 1 is 1.19 bits per heavy atom. The van der Waals surface area contributed by atoms with E-state index in [1.807, 2.05) is 54.6 Å². The van der Waals surface area contributed by atoms with Crippen molar-refractivity contribution in [3.63, 3.8) is 0 Å². The molecule has 0 spiro atoms. The van der Waals surface area contributed by atoms with Gasteiger partial charge in [0.25, 0.3) is 0 Å². The summed E-state index contributed by atoms with van der Waals surface area (Å²) in [5, 5.41) is 0. The second kappa shape index (κ2) is 8.91. The molecule has 1 aromatic heterocycles. The van der Waals surface area contributed by atoms with Gasteiger partial charge in [-0.3, -0.25) is 0 Å². The van der Waals surface area contributed by atoms with Gasteiger partial charge in [-0.15, -0.1) is 11.6 Å². The van der Waals surface area contributed by atoms with Crippen LogP contribution in [0.25, 0.3) is 11.0 Å². The van der Waals surface area contributed by atoms with E-state index in [-0.39, 0.29) is 18.7 Å². The summed E-state index contributed by atoms with van der Waals surface area (Å²) < 4.78 is 7.57. The Morgan fingerprint density at radius 3 is 2.59 bits per heavy atom. The molecule has 0 bridgehead atoms. The summed E-state index contributed by atoms with van der Waals surface area (Å²) >= 11 is 6.13. The second-order valence-electron chi connectivity index (χ2n) is 6.50. The first kappa shape index (κ1) is 19.2. The molecule has 0 aliphatic carbocycles. The van der Waals surface area contributed by atoms with Crippen molar-refractivity contribution in [3.05, 3.63) is 66.0 Å². The number of benzene rings is 2. The Balaban J connectivity index is 1.72. The number of likely N-dealkylation sites (N-methyl/N-ethyl adjacent to an activating group) is 1. The van der Waals surface area contributed by atoms with E-state index in [0.717, 1.165) is 28.8 Å². The average molecular weight is 386 g/mol. The fourth-order valence-electron chi connectivity index (χ4n) is 3.21. The van der Waals surface area contributed by atoms with E-state index < -0.39 is 0 Å². The summed E-state index contributed by atoms with van der Waals surface area (Å²) in [6, 6.07) is 17.7. The fraction of sp³-hybridized carbons (Fsp3) is 0.333. The molecule has 27 heavy (non-hydrogen) atoms.